The Balaban J connectivity index is 1.77. The molecule has 1 aliphatic heterocycles. The molecule has 3 rings (SSSR count). The van der Waals surface area contributed by atoms with Gasteiger partial charge >= 0.3 is 0 Å². The van der Waals surface area contributed by atoms with Crippen molar-refractivity contribution in [2.75, 3.05) is 18.6 Å². The fourth-order valence-corrected chi connectivity index (χ4v) is 4.93. The fraction of sp³-hybridized carbons (Fsp3) is 0.500. The third-order valence-corrected chi connectivity index (χ3v) is 5.88. The molecule has 1 aliphatic rings. The third kappa shape index (κ3) is 2.56. The van der Waals surface area contributed by atoms with Crippen molar-refractivity contribution in [1.82, 2.24) is 10.3 Å². The maximum atomic E-state index is 4.74. The van der Waals surface area contributed by atoms with Gasteiger partial charge in [-0.2, -0.15) is 11.8 Å². The number of hydrogen-bond donors (Lipinski definition) is 1. The normalized spacial score (nSPS) is 21.5. The molecular weight excluding hydrogens is 260 g/mol. The van der Waals surface area contributed by atoms with Crippen LogP contribution in [0, 0.1) is 5.92 Å². The number of likely N-dealkylation sites (N-methyl/N-ethyl adjacent to an activating group) is 1. The van der Waals surface area contributed by atoms with Crippen LogP contribution in [0.4, 0.5) is 0 Å². The summed E-state index contributed by atoms with van der Waals surface area (Å²) in [7, 11) is 2.08. The topological polar surface area (TPSA) is 24.9 Å². The lowest BCUT2D eigenvalue weighted by Crippen LogP contribution is -2.35. The van der Waals surface area contributed by atoms with Crippen molar-refractivity contribution in [2.45, 2.75) is 18.9 Å². The lowest BCUT2D eigenvalue weighted by atomic mass is 9.97. The Morgan fingerprint density at radius 3 is 3.06 bits per heavy atom. The fourth-order valence-electron chi connectivity index (χ4n) is 2.57. The molecular formula is C14H18N2S2. The highest BCUT2D eigenvalue weighted by molar-refractivity contribution is 7.99. The number of fused-ring (bicyclic) bond motifs is 1. The van der Waals surface area contributed by atoms with Crippen LogP contribution >= 0.6 is 23.1 Å². The van der Waals surface area contributed by atoms with Crippen molar-refractivity contribution in [1.29, 1.82) is 0 Å². The predicted molar refractivity (Wildman–Crippen MR) is 81.6 cm³/mol. The van der Waals surface area contributed by atoms with E-state index in [2.05, 4.69) is 48.4 Å². The molecule has 2 nitrogen and oxygen atoms in total. The number of para-hydroxylation sites is 1. The van der Waals surface area contributed by atoms with Gasteiger partial charge in [-0.05, 0) is 43.0 Å². The minimum Gasteiger partial charge on any atom is -0.316 e. The summed E-state index contributed by atoms with van der Waals surface area (Å²) in [6.07, 6.45) is 2.42. The zero-order valence-corrected chi connectivity index (χ0v) is 12.2. The Morgan fingerprint density at radius 2 is 2.33 bits per heavy atom. The standard InChI is InChI=1S/C14H18N2S2/c1-15-12(10-6-7-17-9-10)8-14-16-11-4-2-3-5-13(11)18-14/h2-5,10,12,15H,6-9H2,1H3. The average Bonchev–Trinajstić information content (AvgIpc) is 3.04. The van der Waals surface area contributed by atoms with Gasteiger partial charge in [-0.25, -0.2) is 4.98 Å². The minimum atomic E-state index is 0.584. The summed E-state index contributed by atoms with van der Waals surface area (Å²) in [6, 6.07) is 9.01. The lowest BCUT2D eigenvalue weighted by Gasteiger charge is -2.21. The van der Waals surface area contributed by atoms with Gasteiger partial charge in [0.15, 0.2) is 0 Å². The Kier molecular flexibility index (Phi) is 3.87. The summed E-state index contributed by atoms with van der Waals surface area (Å²) in [5.74, 6) is 3.44. The van der Waals surface area contributed by atoms with Crippen molar-refractivity contribution in [3.63, 3.8) is 0 Å². The van der Waals surface area contributed by atoms with Crippen LogP contribution in [0.5, 0.6) is 0 Å². The van der Waals surface area contributed by atoms with Crippen molar-refractivity contribution < 1.29 is 0 Å². The third-order valence-electron chi connectivity index (χ3n) is 3.64. The summed E-state index contributed by atoms with van der Waals surface area (Å²) >= 11 is 3.93. The molecule has 1 N–H and O–H groups in total. The summed E-state index contributed by atoms with van der Waals surface area (Å²) in [4.78, 5) is 4.74. The molecule has 1 saturated heterocycles. The largest absolute Gasteiger partial charge is 0.316 e. The van der Waals surface area contributed by atoms with Gasteiger partial charge in [-0.3, -0.25) is 0 Å². The zero-order valence-electron chi connectivity index (χ0n) is 10.6. The Labute approximate surface area is 116 Å². The second-order valence-electron chi connectivity index (χ2n) is 4.80. The quantitative estimate of drug-likeness (QED) is 0.930. The molecule has 0 bridgehead atoms. The molecule has 2 atom stereocenters. The van der Waals surface area contributed by atoms with Gasteiger partial charge in [0.2, 0.25) is 0 Å². The number of nitrogens with one attached hydrogen (secondary N) is 1. The molecule has 0 saturated carbocycles. The average molecular weight is 278 g/mol. The van der Waals surface area contributed by atoms with Crippen LogP contribution in [-0.2, 0) is 6.42 Å². The van der Waals surface area contributed by atoms with Crippen molar-refractivity contribution in [3.8, 4) is 0 Å². The van der Waals surface area contributed by atoms with Crippen molar-refractivity contribution in [2.24, 2.45) is 5.92 Å². The van der Waals surface area contributed by atoms with Gasteiger partial charge in [-0.15, -0.1) is 11.3 Å². The molecule has 18 heavy (non-hydrogen) atoms. The molecule has 0 radical (unpaired) electrons. The first-order valence-corrected chi connectivity index (χ1v) is 8.43. The number of hydrogen-bond acceptors (Lipinski definition) is 4. The molecule has 1 fully saturated rings. The van der Waals surface area contributed by atoms with Crippen LogP contribution < -0.4 is 5.32 Å². The van der Waals surface area contributed by atoms with Gasteiger partial charge in [-0.1, -0.05) is 12.1 Å². The first-order chi connectivity index (χ1) is 8.86. The summed E-state index contributed by atoms with van der Waals surface area (Å²) in [6.45, 7) is 0. The minimum absolute atomic E-state index is 0.584. The van der Waals surface area contributed by atoms with E-state index in [9.17, 15) is 0 Å². The van der Waals surface area contributed by atoms with Crippen LogP contribution in [0.2, 0.25) is 0 Å². The summed E-state index contributed by atoms with van der Waals surface area (Å²) in [5, 5.41) is 4.76. The van der Waals surface area contributed by atoms with Crippen LogP contribution in [-0.4, -0.2) is 29.6 Å². The molecule has 0 aliphatic carbocycles. The van der Waals surface area contributed by atoms with E-state index in [1.807, 2.05) is 11.3 Å². The zero-order chi connectivity index (χ0) is 12.4. The highest BCUT2D eigenvalue weighted by Crippen LogP contribution is 2.29. The molecule has 0 amide bonds. The van der Waals surface area contributed by atoms with Gasteiger partial charge < -0.3 is 5.32 Å². The summed E-state index contributed by atoms with van der Waals surface area (Å²) in [5.41, 5.74) is 1.15. The lowest BCUT2D eigenvalue weighted by molar-refractivity contribution is 0.404. The van der Waals surface area contributed by atoms with E-state index in [0.29, 0.717) is 6.04 Å². The molecule has 2 unspecified atom stereocenters. The Morgan fingerprint density at radius 1 is 1.44 bits per heavy atom. The monoisotopic (exact) mass is 278 g/mol. The van der Waals surface area contributed by atoms with Crippen LogP contribution in [0.15, 0.2) is 24.3 Å². The number of benzene rings is 1. The smallest absolute Gasteiger partial charge is 0.0954 e. The Hall–Kier alpha value is -0.580. The maximum Gasteiger partial charge on any atom is 0.0954 e. The SMILES string of the molecule is CNC(Cc1nc2ccccc2s1)C1CCSC1. The molecule has 2 aromatic rings. The first-order valence-electron chi connectivity index (χ1n) is 6.46. The number of thioether (sulfide) groups is 1. The van der Waals surface area contributed by atoms with Crippen LogP contribution in [0.1, 0.15) is 11.4 Å². The highest BCUT2D eigenvalue weighted by atomic mass is 32.2. The van der Waals surface area contributed by atoms with E-state index in [4.69, 9.17) is 4.98 Å². The van der Waals surface area contributed by atoms with E-state index in [1.165, 1.54) is 27.6 Å². The highest BCUT2D eigenvalue weighted by Gasteiger charge is 2.25. The van der Waals surface area contributed by atoms with E-state index >= 15 is 0 Å². The van der Waals surface area contributed by atoms with Gasteiger partial charge in [0, 0.05) is 12.5 Å². The maximum absolute atomic E-state index is 4.74. The number of nitrogens with zero attached hydrogens (tertiary/aromatic N) is 1. The van der Waals surface area contributed by atoms with Crippen molar-refractivity contribution in [3.05, 3.63) is 29.3 Å². The Bertz CT molecular complexity index is 484. The van der Waals surface area contributed by atoms with Crippen LogP contribution in [0.3, 0.4) is 0 Å². The van der Waals surface area contributed by atoms with Crippen molar-refractivity contribution >= 4 is 33.3 Å². The van der Waals surface area contributed by atoms with E-state index in [-0.39, 0.29) is 0 Å². The molecule has 96 valence electrons. The molecule has 1 aromatic heterocycles. The summed E-state index contributed by atoms with van der Waals surface area (Å²) < 4.78 is 1.31. The molecule has 1 aromatic carbocycles. The second kappa shape index (κ2) is 5.59. The van der Waals surface area contributed by atoms with E-state index < -0.39 is 0 Å². The second-order valence-corrected chi connectivity index (χ2v) is 7.06. The van der Waals surface area contributed by atoms with Crippen LogP contribution in [0.25, 0.3) is 10.2 Å². The first kappa shape index (κ1) is 12.5. The van der Waals surface area contributed by atoms with Gasteiger partial charge in [0.1, 0.15) is 0 Å². The van der Waals surface area contributed by atoms with E-state index in [0.717, 1.165) is 17.9 Å². The molecule has 0 spiro atoms. The number of rotatable bonds is 4. The number of thiazole rings is 1. The molecule has 4 heteroatoms. The number of aromatic nitrogens is 1. The van der Waals surface area contributed by atoms with Gasteiger partial charge in [0.05, 0.1) is 15.2 Å². The van der Waals surface area contributed by atoms with E-state index in [1.54, 1.807) is 0 Å². The molecule has 2 heterocycles. The predicted octanol–water partition coefficient (Wildman–Crippen LogP) is 3.18. The van der Waals surface area contributed by atoms with Gasteiger partial charge in [0.25, 0.3) is 0 Å².